The van der Waals surface area contributed by atoms with Gasteiger partial charge in [-0.25, -0.2) is 4.79 Å². The van der Waals surface area contributed by atoms with Crippen molar-refractivity contribution in [2.45, 2.75) is 25.4 Å². The van der Waals surface area contributed by atoms with E-state index in [-0.39, 0.29) is 12.1 Å². The van der Waals surface area contributed by atoms with Crippen molar-refractivity contribution in [3.8, 4) is 17.1 Å². The Hall–Kier alpha value is -3.35. The predicted molar refractivity (Wildman–Crippen MR) is 104 cm³/mol. The maximum atomic E-state index is 12.7. The molecule has 0 saturated carbocycles. The van der Waals surface area contributed by atoms with Crippen molar-refractivity contribution in [3.05, 3.63) is 66.1 Å². The van der Waals surface area contributed by atoms with E-state index in [1.807, 2.05) is 54.6 Å². The molecular formula is C21H22N4O3. The van der Waals surface area contributed by atoms with Crippen molar-refractivity contribution < 1.29 is 14.1 Å². The molecule has 144 valence electrons. The quantitative estimate of drug-likeness (QED) is 0.731. The zero-order valence-corrected chi connectivity index (χ0v) is 15.7. The highest BCUT2D eigenvalue weighted by Gasteiger charge is 2.34. The van der Waals surface area contributed by atoms with Gasteiger partial charge in [-0.3, -0.25) is 0 Å². The van der Waals surface area contributed by atoms with E-state index in [2.05, 4.69) is 15.5 Å². The number of carbonyl (C=O) groups is 1. The Morgan fingerprint density at radius 1 is 1.25 bits per heavy atom. The summed E-state index contributed by atoms with van der Waals surface area (Å²) < 4.78 is 10.7. The molecule has 1 fully saturated rings. The fourth-order valence-corrected chi connectivity index (χ4v) is 3.39. The van der Waals surface area contributed by atoms with Crippen LogP contribution in [0.15, 0.2) is 59.1 Å². The van der Waals surface area contributed by atoms with Crippen LogP contribution in [0.2, 0.25) is 0 Å². The maximum Gasteiger partial charge on any atom is 0.318 e. The molecule has 1 saturated heterocycles. The molecule has 1 N–H and O–H groups in total. The van der Waals surface area contributed by atoms with Gasteiger partial charge in [-0.1, -0.05) is 47.6 Å². The third kappa shape index (κ3) is 3.83. The number of nitrogens with zero attached hydrogens (tertiary/aromatic N) is 3. The summed E-state index contributed by atoms with van der Waals surface area (Å²) in [5.41, 5.74) is 1.87. The molecular weight excluding hydrogens is 356 g/mol. The number of urea groups is 1. The van der Waals surface area contributed by atoms with Gasteiger partial charge in [0.05, 0.1) is 7.11 Å². The van der Waals surface area contributed by atoms with Gasteiger partial charge in [0.15, 0.2) is 0 Å². The van der Waals surface area contributed by atoms with Gasteiger partial charge in [0, 0.05) is 18.7 Å². The summed E-state index contributed by atoms with van der Waals surface area (Å²) in [5.74, 6) is 1.68. The lowest BCUT2D eigenvalue weighted by Crippen LogP contribution is -2.39. The first-order valence-corrected chi connectivity index (χ1v) is 9.31. The van der Waals surface area contributed by atoms with Crippen molar-refractivity contribution in [2.75, 3.05) is 13.7 Å². The molecule has 2 aromatic carbocycles. The van der Waals surface area contributed by atoms with E-state index in [9.17, 15) is 4.79 Å². The normalized spacial score (nSPS) is 16.2. The Balaban J connectivity index is 1.46. The Morgan fingerprint density at radius 3 is 2.93 bits per heavy atom. The molecule has 3 aromatic rings. The molecule has 0 radical (unpaired) electrons. The summed E-state index contributed by atoms with van der Waals surface area (Å²) >= 11 is 0. The molecule has 1 aromatic heterocycles. The number of hydrogen-bond donors (Lipinski definition) is 1. The minimum atomic E-state index is -0.206. The van der Waals surface area contributed by atoms with Crippen LogP contribution in [-0.2, 0) is 6.54 Å². The standard InChI is InChI=1S/C21H22N4O3/c1-27-17-10-5-9-16(13-17)19-23-20(28-24-19)18-11-6-12-25(18)21(26)22-14-15-7-3-2-4-8-15/h2-5,7-10,13,18H,6,11-12,14H2,1H3,(H,22,26)/t18-/m1/s1. The molecule has 1 atom stereocenters. The van der Waals surface area contributed by atoms with Crippen LogP contribution in [0.5, 0.6) is 5.75 Å². The Labute approximate surface area is 163 Å². The summed E-state index contributed by atoms with van der Waals surface area (Å²) in [6, 6.07) is 17.0. The largest absolute Gasteiger partial charge is 0.497 e. The average molecular weight is 378 g/mol. The van der Waals surface area contributed by atoms with E-state index in [0.717, 1.165) is 29.7 Å². The van der Waals surface area contributed by atoms with Gasteiger partial charge >= 0.3 is 6.03 Å². The van der Waals surface area contributed by atoms with Crippen molar-refractivity contribution in [1.82, 2.24) is 20.4 Å². The van der Waals surface area contributed by atoms with Gasteiger partial charge in [-0.15, -0.1) is 0 Å². The number of aromatic nitrogens is 2. The highest BCUT2D eigenvalue weighted by molar-refractivity contribution is 5.75. The molecule has 28 heavy (non-hydrogen) atoms. The van der Waals surface area contributed by atoms with E-state index in [4.69, 9.17) is 9.26 Å². The van der Waals surface area contributed by atoms with E-state index in [1.54, 1.807) is 12.0 Å². The van der Waals surface area contributed by atoms with Crippen molar-refractivity contribution in [2.24, 2.45) is 0 Å². The van der Waals surface area contributed by atoms with Crippen molar-refractivity contribution in [3.63, 3.8) is 0 Å². The van der Waals surface area contributed by atoms with Crippen LogP contribution in [0.25, 0.3) is 11.4 Å². The molecule has 0 unspecified atom stereocenters. The van der Waals surface area contributed by atoms with Gasteiger partial charge in [0.25, 0.3) is 0 Å². The molecule has 2 heterocycles. The summed E-state index contributed by atoms with van der Waals surface area (Å²) in [4.78, 5) is 19.0. The first-order chi connectivity index (χ1) is 13.7. The fraction of sp³-hybridized carbons (Fsp3) is 0.286. The van der Waals surface area contributed by atoms with Gasteiger partial charge in [0.1, 0.15) is 11.8 Å². The zero-order chi connectivity index (χ0) is 19.3. The average Bonchev–Trinajstić information content (AvgIpc) is 3.42. The van der Waals surface area contributed by atoms with Crippen LogP contribution in [0, 0.1) is 0 Å². The van der Waals surface area contributed by atoms with Crippen LogP contribution in [0.3, 0.4) is 0 Å². The van der Waals surface area contributed by atoms with Crippen LogP contribution in [0.1, 0.15) is 30.3 Å². The highest BCUT2D eigenvalue weighted by Crippen LogP contribution is 2.32. The topological polar surface area (TPSA) is 80.5 Å². The molecule has 2 amide bonds. The van der Waals surface area contributed by atoms with Crippen LogP contribution < -0.4 is 10.1 Å². The Kier molecular flexibility index (Phi) is 5.23. The number of rotatable bonds is 5. The molecule has 7 heteroatoms. The molecule has 1 aliphatic heterocycles. The zero-order valence-electron chi connectivity index (χ0n) is 15.7. The number of nitrogens with one attached hydrogen (secondary N) is 1. The monoisotopic (exact) mass is 378 g/mol. The molecule has 4 rings (SSSR count). The number of benzene rings is 2. The van der Waals surface area contributed by atoms with E-state index in [0.29, 0.717) is 24.8 Å². The van der Waals surface area contributed by atoms with Crippen molar-refractivity contribution in [1.29, 1.82) is 0 Å². The van der Waals surface area contributed by atoms with Crippen molar-refractivity contribution >= 4 is 6.03 Å². The molecule has 0 spiro atoms. The van der Waals surface area contributed by atoms with E-state index >= 15 is 0 Å². The smallest absolute Gasteiger partial charge is 0.318 e. The second kappa shape index (κ2) is 8.12. The number of methoxy groups -OCH3 is 1. The van der Waals surface area contributed by atoms with Gasteiger partial charge in [-0.05, 0) is 30.5 Å². The highest BCUT2D eigenvalue weighted by atomic mass is 16.5. The Morgan fingerprint density at radius 2 is 2.11 bits per heavy atom. The van der Waals surface area contributed by atoms with Gasteiger partial charge in [-0.2, -0.15) is 4.98 Å². The predicted octanol–water partition coefficient (Wildman–Crippen LogP) is 3.79. The third-order valence-corrected chi connectivity index (χ3v) is 4.85. The number of hydrogen-bond acceptors (Lipinski definition) is 5. The summed E-state index contributed by atoms with van der Waals surface area (Å²) in [6.07, 6.45) is 1.71. The first kappa shape index (κ1) is 18.0. The van der Waals surface area contributed by atoms with Crippen LogP contribution in [-0.4, -0.2) is 34.7 Å². The molecule has 0 aliphatic carbocycles. The van der Waals surface area contributed by atoms with Crippen LogP contribution >= 0.6 is 0 Å². The molecule has 0 bridgehead atoms. The number of ether oxygens (including phenoxy) is 1. The fourth-order valence-electron chi connectivity index (χ4n) is 3.39. The first-order valence-electron chi connectivity index (χ1n) is 9.31. The molecule has 7 nitrogen and oxygen atoms in total. The lowest BCUT2D eigenvalue weighted by molar-refractivity contribution is 0.180. The minimum absolute atomic E-state index is 0.118. The van der Waals surface area contributed by atoms with E-state index < -0.39 is 0 Å². The van der Waals surface area contributed by atoms with Gasteiger partial charge < -0.3 is 19.5 Å². The third-order valence-electron chi connectivity index (χ3n) is 4.85. The molecule has 1 aliphatic rings. The summed E-state index contributed by atoms with van der Waals surface area (Å²) in [6.45, 7) is 1.16. The minimum Gasteiger partial charge on any atom is -0.497 e. The summed E-state index contributed by atoms with van der Waals surface area (Å²) in [5, 5.41) is 7.07. The second-order valence-electron chi connectivity index (χ2n) is 6.68. The van der Waals surface area contributed by atoms with E-state index in [1.165, 1.54) is 0 Å². The SMILES string of the molecule is COc1cccc(-c2noc([C@H]3CCCN3C(=O)NCc3ccccc3)n2)c1. The lowest BCUT2D eigenvalue weighted by atomic mass is 10.2. The number of carbonyl (C=O) groups excluding carboxylic acids is 1. The lowest BCUT2D eigenvalue weighted by Gasteiger charge is -2.22. The second-order valence-corrected chi connectivity index (χ2v) is 6.68. The van der Waals surface area contributed by atoms with Crippen LogP contribution in [0.4, 0.5) is 4.79 Å². The number of amides is 2. The summed E-state index contributed by atoms with van der Waals surface area (Å²) in [7, 11) is 1.62. The Bertz CT molecular complexity index is 942. The maximum absolute atomic E-state index is 12.7. The van der Waals surface area contributed by atoms with Gasteiger partial charge in [0.2, 0.25) is 11.7 Å². The number of likely N-dealkylation sites (tertiary alicyclic amines) is 1.